The molecule has 0 bridgehead atoms. The summed E-state index contributed by atoms with van der Waals surface area (Å²) < 4.78 is 45.4. The van der Waals surface area contributed by atoms with E-state index in [0.717, 1.165) is 36.8 Å². The predicted octanol–water partition coefficient (Wildman–Crippen LogP) is 9.35. The van der Waals surface area contributed by atoms with E-state index in [4.69, 9.17) is 4.74 Å². The molecule has 0 heterocycles. The summed E-state index contributed by atoms with van der Waals surface area (Å²) in [5.41, 5.74) is 4.12. The van der Waals surface area contributed by atoms with Crippen molar-refractivity contribution in [2.24, 2.45) is 0 Å². The van der Waals surface area contributed by atoms with E-state index in [-0.39, 0.29) is 17.5 Å². The van der Waals surface area contributed by atoms with Crippen LogP contribution in [0.15, 0.2) is 66.7 Å². The van der Waals surface area contributed by atoms with Crippen molar-refractivity contribution in [2.45, 2.75) is 103 Å². The maximum atomic E-state index is 13.5. The summed E-state index contributed by atoms with van der Waals surface area (Å²) in [7, 11) is 0. The number of carboxylic acids is 1. The average Bonchev–Trinajstić information content (AvgIpc) is 3.00. The van der Waals surface area contributed by atoms with E-state index in [1.165, 1.54) is 61.9 Å². The van der Waals surface area contributed by atoms with E-state index in [2.05, 4.69) is 19.1 Å². The summed E-state index contributed by atoms with van der Waals surface area (Å²) in [5.74, 6) is -2.37. The molecule has 1 atom stereocenters. The number of carbonyl (C=O) groups excluding carboxylic acids is 2. The second-order valence-electron chi connectivity index (χ2n) is 11.1. The number of aryl methyl sites for hydroxylation is 1. The van der Waals surface area contributed by atoms with Gasteiger partial charge in [0.05, 0.1) is 11.5 Å². The average molecular weight is 596 g/mol. The lowest BCUT2D eigenvalue weighted by Crippen LogP contribution is -2.33. The highest BCUT2D eigenvalue weighted by Gasteiger charge is 2.42. The second kappa shape index (κ2) is 16.9. The zero-order chi connectivity index (χ0) is 31.2. The fourth-order valence-corrected chi connectivity index (χ4v) is 5.15. The van der Waals surface area contributed by atoms with Crippen molar-refractivity contribution < 1.29 is 32.6 Å². The van der Waals surface area contributed by atoms with Crippen LogP contribution in [-0.4, -0.2) is 24.2 Å². The van der Waals surface area contributed by atoms with Crippen LogP contribution < -0.4 is 5.11 Å². The summed E-state index contributed by atoms with van der Waals surface area (Å²) in [4.78, 5) is 24.3. The topological polar surface area (TPSA) is 66.4 Å². The fraction of sp³-hybridized carbons (Fsp3) is 0.444. The molecular weight excluding hydrogens is 553 g/mol. The molecule has 3 aromatic rings. The Morgan fingerprint density at radius 3 is 1.84 bits per heavy atom. The molecule has 0 N–H and O–H groups in total. The van der Waals surface area contributed by atoms with Gasteiger partial charge in [-0.3, -0.25) is 0 Å². The number of unbranched alkanes of at least 4 members (excludes halogenated alkanes) is 8. The van der Waals surface area contributed by atoms with Crippen LogP contribution in [0.25, 0.3) is 22.3 Å². The monoisotopic (exact) mass is 595 g/mol. The second-order valence-corrected chi connectivity index (χ2v) is 11.1. The van der Waals surface area contributed by atoms with E-state index in [9.17, 15) is 27.9 Å². The molecular formula is C36H42F3O4-. The number of alkyl halides is 3. The standard InChI is InChI=1S/C36H43F3O4/c1-3-5-7-9-10-11-13-26-15-17-27(18-16-26)31-24-23-30(34(40)41)25-32(31)28-19-21-29(22-20-28)35(42)43-33(36(37,38)39)14-12-8-6-4-2/h15-25,33H,3-14H2,1-2H3,(H,40,41)/p-1. The number of hydrogen-bond acceptors (Lipinski definition) is 4. The number of carboxylic acid groups (broad SMARTS) is 1. The third-order valence-electron chi connectivity index (χ3n) is 7.71. The van der Waals surface area contributed by atoms with Gasteiger partial charge in [0.1, 0.15) is 0 Å². The van der Waals surface area contributed by atoms with Crippen LogP contribution in [0.3, 0.4) is 0 Å². The van der Waals surface area contributed by atoms with Gasteiger partial charge in [-0.25, -0.2) is 4.79 Å². The number of aromatic carboxylic acids is 1. The smallest absolute Gasteiger partial charge is 0.425 e. The van der Waals surface area contributed by atoms with Crippen LogP contribution in [0.2, 0.25) is 0 Å². The van der Waals surface area contributed by atoms with Crippen molar-refractivity contribution in [1.29, 1.82) is 0 Å². The van der Waals surface area contributed by atoms with Crippen LogP contribution >= 0.6 is 0 Å². The molecule has 0 fully saturated rings. The number of hydrogen-bond donors (Lipinski definition) is 0. The molecule has 0 saturated carbocycles. The van der Waals surface area contributed by atoms with Gasteiger partial charge >= 0.3 is 12.1 Å². The van der Waals surface area contributed by atoms with E-state index < -0.39 is 24.2 Å². The largest absolute Gasteiger partial charge is 0.545 e. The van der Waals surface area contributed by atoms with Crippen LogP contribution in [-0.2, 0) is 11.2 Å². The molecule has 4 nitrogen and oxygen atoms in total. The summed E-state index contributed by atoms with van der Waals surface area (Å²) in [5, 5.41) is 11.6. The maximum Gasteiger partial charge on any atom is 0.425 e. The summed E-state index contributed by atoms with van der Waals surface area (Å²) in [6, 6.07) is 18.9. The Morgan fingerprint density at radius 1 is 0.698 bits per heavy atom. The Kier molecular flexibility index (Phi) is 13.3. The Bertz CT molecular complexity index is 1300. The first kappa shape index (κ1) is 33.9. The lowest BCUT2D eigenvalue weighted by Gasteiger charge is -2.21. The Hall–Kier alpha value is -3.61. The molecule has 7 heteroatoms. The zero-order valence-electron chi connectivity index (χ0n) is 25.2. The molecule has 0 saturated heterocycles. The maximum absolute atomic E-state index is 13.5. The van der Waals surface area contributed by atoms with Crippen LogP contribution in [0, 0.1) is 0 Å². The number of benzene rings is 3. The highest BCUT2D eigenvalue weighted by atomic mass is 19.4. The van der Waals surface area contributed by atoms with E-state index in [0.29, 0.717) is 24.0 Å². The molecule has 3 rings (SSSR count). The van der Waals surface area contributed by atoms with Crippen molar-refractivity contribution in [3.8, 4) is 22.3 Å². The fourth-order valence-electron chi connectivity index (χ4n) is 5.15. The van der Waals surface area contributed by atoms with Crippen molar-refractivity contribution in [2.75, 3.05) is 0 Å². The van der Waals surface area contributed by atoms with Crippen LogP contribution in [0.5, 0.6) is 0 Å². The Balaban J connectivity index is 1.77. The number of ether oxygens (including phenoxy) is 1. The van der Waals surface area contributed by atoms with Crippen LogP contribution in [0.4, 0.5) is 13.2 Å². The molecule has 0 aliphatic heterocycles. The van der Waals surface area contributed by atoms with Gasteiger partial charge < -0.3 is 14.6 Å². The molecule has 1 unspecified atom stereocenters. The quantitative estimate of drug-likeness (QED) is 0.115. The highest BCUT2D eigenvalue weighted by Crippen LogP contribution is 2.34. The first-order valence-corrected chi connectivity index (χ1v) is 15.5. The first-order chi connectivity index (χ1) is 20.6. The number of rotatable bonds is 17. The van der Waals surface area contributed by atoms with E-state index in [1.54, 1.807) is 18.2 Å². The van der Waals surface area contributed by atoms with Crippen molar-refractivity contribution in [1.82, 2.24) is 0 Å². The lowest BCUT2D eigenvalue weighted by atomic mass is 9.91. The molecule has 0 spiro atoms. The number of carbonyl (C=O) groups is 2. The Morgan fingerprint density at radius 2 is 1.23 bits per heavy atom. The molecule has 3 aromatic carbocycles. The van der Waals surface area contributed by atoms with Gasteiger partial charge in [0.15, 0.2) is 6.10 Å². The van der Waals surface area contributed by atoms with E-state index >= 15 is 0 Å². The third kappa shape index (κ3) is 10.6. The van der Waals surface area contributed by atoms with Crippen molar-refractivity contribution >= 4 is 11.9 Å². The van der Waals surface area contributed by atoms with Gasteiger partial charge in [0.25, 0.3) is 0 Å². The third-order valence-corrected chi connectivity index (χ3v) is 7.71. The minimum Gasteiger partial charge on any atom is -0.545 e. The molecule has 0 aliphatic carbocycles. The highest BCUT2D eigenvalue weighted by molar-refractivity contribution is 5.94. The normalized spacial score (nSPS) is 12.2. The summed E-state index contributed by atoms with van der Waals surface area (Å²) >= 11 is 0. The van der Waals surface area contributed by atoms with Gasteiger partial charge in [-0.05, 0) is 77.3 Å². The lowest BCUT2D eigenvalue weighted by molar-refractivity contribution is -0.255. The Labute approximate surface area is 253 Å². The van der Waals surface area contributed by atoms with Crippen LogP contribution in [0.1, 0.15) is 111 Å². The SMILES string of the molecule is CCCCCCCCc1ccc(-c2ccc(C(=O)[O-])cc2-c2ccc(C(=O)OC(CCCCCC)C(F)(F)F)cc2)cc1. The molecule has 232 valence electrons. The van der Waals surface area contributed by atoms with Crippen molar-refractivity contribution in [3.63, 3.8) is 0 Å². The van der Waals surface area contributed by atoms with Gasteiger partial charge in [0, 0.05) is 0 Å². The molecule has 43 heavy (non-hydrogen) atoms. The van der Waals surface area contributed by atoms with Gasteiger partial charge in [-0.1, -0.05) is 114 Å². The number of halogens is 3. The molecule has 0 radical (unpaired) electrons. The van der Waals surface area contributed by atoms with Gasteiger partial charge in [0.2, 0.25) is 0 Å². The van der Waals surface area contributed by atoms with Crippen molar-refractivity contribution in [3.05, 3.63) is 83.4 Å². The van der Waals surface area contributed by atoms with E-state index in [1.807, 2.05) is 19.1 Å². The van der Waals surface area contributed by atoms with Gasteiger partial charge in [-0.15, -0.1) is 0 Å². The summed E-state index contributed by atoms with van der Waals surface area (Å²) in [6.07, 6.45) is 3.95. The predicted molar refractivity (Wildman–Crippen MR) is 163 cm³/mol. The summed E-state index contributed by atoms with van der Waals surface area (Å²) in [6.45, 7) is 4.17. The molecule has 0 aromatic heterocycles. The molecule has 0 aliphatic rings. The minimum absolute atomic E-state index is 0.00183. The minimum atomic E-state index is -4.65. The first-order valence-electron chi connectivity index (χ1n) is 15.5. The van der Waals surface area contributed by atoms with Gasteiger partial charge in [-0.2, -0.15) is 13.2 Å². The number of esters is 1. The zero-order valence-corrected chi connectivity index (χ0v) is 25.2. The molecule has 0 amide bonds.